The van der Waals surface area contributed by atoms with Crippen molar-refractivity contribution in [3.63, 3.8) is 0 Å². The molecule has 2 saturated heterocycles. The molecule has 1 aromatic rings. The summed E-state index contributed by atoms with van der Waals surface area (Å²) in [6.07, 6.45) is -3.92. The lowest BCUT2D eigenvalue weighted by molar-refractivity contribution is -0.303. The molecular weight excluding hydrogens is 470 g/mol. The van der Waals surface area contributed by atoms with E-state index in [2.05, 4.69) is 5.32 Å². The number of carbonyl (C=O) groups excluding carboxylic acids is 1. The fourth-order valence-electron chi connectivity index (χ4n) is 4.23. The molecule has 204 valence electrons. The van der Waals surface area contributed by atoms with Crippen molar-refractivity contribution in [3.8, 4) is 5.75 Å². The molecule has 2 fully saturated rings. The predicted octanol–water partition coefficient (Wildman–Crippen LogP) is 2.03. The summed E-state index contributed by atoms with van der Waals surface area (Å²) in [6, 6.07) is 3.77. The first-order valence-corrected chi connectivity index (χ1v) is 12.4. The minimum atomic E-state index is -1.29. The molecule has 10 heteroatoms. The Labute approximate surface area is 212 Å². The van der Waals surface area contributed by atoms with Gasteiger partial charge in [-0.25, -0.2) is 0 Å². The second-order valence-corrected chi connectivity index (χ2v) is 10.8. The van der Waals surface area contributed by atoms with E-state index in [0.29, 0.717) is 38.4 Å². The third-order valence-electron chi connectivity index (χ3n) is 6.44. The van der Waals surface area contributed by atoms with Gasteiger partial charge in [-0.1, -0.05) is 13.8 Å². The van der Waals surface area contributed by atoms with Gasteiger partial charge in [0.05, 0.1) is 19.8 Å². The highest BCUT2D eigenvalue weighted by atomic mass is 16.7. The molecule has 2 aliphatic heterocycles. The number of aliphatic hydroxyl groups excluding tert-OH is 3. The first-order valence-electron chi connectivity index (χ1n) is 12.4. The number of hydrogen-bond donors (Lipinski definition) is 4. The van der Waals surface area contributed by atoms with Crippen molar-refractivity contribution in [2.24, 2.45) is 5.41 Å². The Balaban J connectivity index is 1.46. The van der Waals surface area contributed by atoms with Crippen molar-refractivity contribution in [1.29, 1.82) is 0 Å². The minimum absolute atomic E-state index is 0.0843. The summed E-state index contributed by atoms with van der Waals surface area (Å²) >= 11 is 0. The summed E-state index contributed by atoms with van der Waals surface area (Å²) in [5.41, 5.74) is 2.05. The standard InChI is InChI=1S/C26H41NO9/c1-15-11-17(32-9-7-8-10-33-24-21(30)20(29)18(28)13-34-24)12-16(2)19(15)27-23(31)22-25(3,4)14-35-26(5,6)36-22/h11-12,18,20-22,24,28-30H,7-10,13-14H2,1-6H3,(H,27,31)/t18-,20+,21-,22?,24+/m1/s1. The normalized spacial score (nSPS) is 29.5. The van der Waals surface area contributed by atoms with Crippen LogP contribution in [0.3, 0.4) is 0 Å². The summed E-state index contributed by atoms with van der Waals surface area (Å²) in [5.74, 6) is -0.321. The number of unbranched alkanes of at least 4 members (excludes halogenated alkanes) is 1. The largest absolute Gasteiger partial charge is 0.494 e. The average Bonchev–Trinajstić information content (AvgIpc) is 2.80. The maximum atomic E-state index is 13.1. The van der Waals surface area contributed by atoms with E-state index in [1.165, 1.54) is 0 Å². The van der Waals surface area contributed by atoms with Crippen LogP contribution in [0.15, 0.2) is 12.1 Å². The lowest BCUT2D eigenvalue weighted by atomic mass is 9.85. The van der Waals surface area contributed by atoms with E-state index < -0.39 is 41.9 Å². The lowest BCUT2D eigenvalue weighted by Crippen LogP contribution is -2.55. The van der Waals surface area contributed by atoms with Gasteiger partial charge in [0.25, 0.3) is 5.91 Å². The van der Waals surface area contributed by atoms with Crippen LogP contribution in [0.5, 0.6) is 5.75 Å². The van der Waals surface area contributed by atoms with Crippen LogP contribution in [0.2, 0.25) is 0 Å². The molecule has 0 aromatic heterocycles. The summed E-state index contributed by atoms with van der Waals surface area (Å²) in [4.78, 5) is 13.1. The zero-order chi connectivity index (χ0) is 26.7. The summed E-state index contributed by atoms with van der Waals surface area (Å²) < 4.78 is 28.2. The lowest BCUT2D eigenvalue weighted by Gasteiger charge is -2.44. The molecular formula is C26H41NO9. The Bertz CT molecular complexity index is 880. The third kappa shape index (κ3) is 7.16. The number of rotatable bonds is 9. The number of aryl methyl sites for hydroxylation is 2. The summed E-state index contributed by atoms with van der Waals surface area (Å²) in [6.45, 7) is 12.5. The monoisotopic (exact) mass is 511 g/mol. The van der Waals surface area contributed by atoms with Gasteiger partial charge in [0.2, 0.25) is 0 Å². The topological polar surface area (TPSA) is 136 Å². The third-order valence-corrected chi connectivity index (χ3v) is 6.44. The molecule has 1 amide bonds. The second kappa shape index (κ2) is 11.7. The van der Waals surface area contributed by atoms with E-state index in [1.807, 2.05) is 39.8 Å². The Hall–Kier alpha value is -1.79. The van der Waals surface area contributed by atoms with Crippen LogP contribution in [0, 0.1) is 19.3 Å². The molecule has 10 nitrogen and oxygen atoms in total. The van der Waals surface area contributed by atoms with Gasteiger partial charge in [-0.2, -0.15) is 0 Å². The Morgan fingerprint density at radius 1 is 1.06 bits per heavy atom. The van der Waals surface area contributed by atoms with E-state index in [9.17, 15) is 20.1 Å². The van der Waals surface area contributed by atoms with Crippen LogP contribution in [0.4, 0.5) is 5.69 Å². The van der Waals surface area contributed by atoms with Gasteiger partial charge in [0.1, 0.15) is 30.2 Å². The van der Waals surface area contributed by atoms with Gasteiger partial charge >= 0.3 is 0 Å². The van der Waals surface area contributed by atoms with Crippen molar-refractivity contribution in [3.05, 3.63) is 23.3 Å². The molecule has 3 rings (SSSR count). The number of ether oxygens (including phenoxy) is 5. The van der Waals surface area contributed by atoms with Crippen molar-refractivity contribution < 1.29 is 43.8 Å². The maximum absolute atomic E-state index is 13.1. The smallest absolute Gasteiger partial charge is 0.254 e. The summed E-state index contributed by atoms with van der Waals surface area (Å²) in [5, 5.41) is 32.1. The molecule has 0 bridgehead atoms. The van der Waals surface area contributed by atoms with Gasteiger partial charge in [0, 0.05) is 17.7 Å². The van der Waals surface area contributed by atoms with Crippen LogP contribution in [-0.2, 0) is 23.7 Å². The van der Waals surface area contributed by atoms with Gasteiger partial charge < -0.3 is 44.3 Å². The fraction of sp³-hybridized carbons (Fsp3) is 0.731. The molecule has 0 aliphatic carbocycles. The molecule has 2 aliphatic rings. The fourth-order valence-corrected chi connectivity index (χ4v) is 4.23. The second-order valence-electron chi connectivity index (χ2n) is 10.8. The van der Waals surface area contributed by atoms with Crippen LogP contribution in [-0.4, -0.2) is 84.1 Å². The van der Waals surface area contributed by atoms with Crippen LogP contribution >= 0.6 is 0 Å². The Morgan fingerprint density at radius 3 is 2.36 bits per heavy atom. The van der Waals surface area contributed by atoms with Crippen LogP contribution in [0.1, 0.15) is 51.7 Å². The Kier molecular flexibility index (Phi) is 9.37. The van der Waals surface area contributed by atoms with Gasteiger partial charge in [-0.3, -0.25) is 4.79 Å². The molecule has 0 radical (unpaired) electrons. The zero-order valence-electron chi connectivity index (χ0n) is 22.1. The van der Waals surface area contributed by atoms with E-state index in [4.69, 9.17) is 23.7 Å². The van der Waals surface area contributed by atoms with Gasteiger partial charge in [0.15, 0.2) is 12.1 Å². The molecule has 2 heterocycles. The van der Waals surface area contributed by atoms with E-state index in [0.717, 1.165) is 16.8 Å². The summed E-state index contributed by atoms with van der Waals surface area (Å²) in [7, 11) is 0. The van der Waals surface area contributed by atoms with Crippen molar-refractivity contribution >= 4 is 11.6 Å². The van der Waals surface area contributed by atoms with E-state index >= 15 is 0 Å². The molecule has 36 heavy (non-hydrogen) atoms. The average molecular weight is 512 g/mol. The molecule has 5 atom stereocenters. The van der Waals surface area contributed by atoms with Gasteiger partial charge in [-0.15, -0.1) is 0 Å². The van der Waals surface area contributed by atoms with Crippen molar-refractivity contribution in [1.82, 2.24) is 0 Å². The van der Waals surface area contributed by atoms with Crippen molar-refractivity contribution in [2.45, 2.75) is 90.9 Å². The quantitative estimate of drug-likeness (QED) is 0.367. The highest BCUT2D eigenvalue weighted by Gasteiger charge is 2.46. The van der Waals surface area contributed by atoms with E-state index in [-0.39, 0.29) is 12.5 Å². The number of nitrogens with one attached hydrogen (secondary N) is 1. The predicted molar refractivity (Wildman–Crippen MR) is 132 cm³/mol. The molecule has 1 aromatic carbocycles. The Morgan fingerprint density at radius 2 is 1.69 bits per heavy atom. The minimum Gasteiger partial charge on any atom is -0.494 e. The molecule has 1 unspecified atom stereocenters. The van der Waals surface area contributed by atoms with Crippen molar-refractivity contribution in [2.75, 3.05) is 31.7 Å². The number of anilines is 1. The SMILES string of the molecule is Cc1cc(OCCCCO[C@H]2OC[C@@H](O)[C@H](O)[C@H]2O)cc(C)c1NC(=O)C1OC(C)(C)OCC1(C)C. The number of carbonyl (C=O) groups is 1. The maximum Gasteiger partial charge on any atom is 0.254 e. The van der Waals surface area contributed by atoms with E-state index in [1.54, 1.807) is 13.8 Å². The highest BCUT2D eigenvalue weighted by molar-refractivity contribution is 5.96. The number of aliphatic hydroxyl groups is 3. The van der Waals surface area contributed by atoms with Crippen LogP contribution in [0.25, 0.3) is 0 Å². The molecule has 0 saturated carbocycles. The number of amides is 1. The number of hydrogen-bond acceptors (Lipinski definition) is 9. The first kappa shape index (κ1) is 28.8. The first-order chi connectivity index (χ1) is 16.8. The van der Waals surface area contributed by atoms with Gasteiger partial charge in [-0.05, 0) is 63.8 Å². The zero-order valence-corrected chi connectivity index (χ0v) is 22.1. The molecule has 4 N–H and O–H groups in total. The highest BCUT2D eigenvalue weighted by Crippen LogP contribution is 2.36. The number of benzene rings is 1. The molecule has 0 spiro atoms. The van der Waals surface area contributed by atoms with Crippen LogP contribution < -0.4 is 10.1 Å².